The van der Waals surface area contributed by atoms with Gasteiger partial charge in [0, 0.05) is 0 Å². The van der Waals surface area contributed by atoms with E-state index in [1.807, 2.05) is 51.1 Å². The normalized spacial score (nSPS) is 15.2. The van der Waals surface area contributed by atoms with Crippen molar-refractivity contribution in [3.8, 4) is 0 Å². The number of hydrogen-bond acceptors (Lipinski definition) is 3. The lowest BCUT2D eigenvalue weighted by molar-refractivity contribution is 0.00241. The average Bonchev–Trinajstić information content (AvgIpc) is 2.36. The molecule has 3 nitrogen and oxygen atoms in total. The van der Waals surface area contributed by atoms with Gasteiger partial charge in [-0.25, -0.2) is 0 Å². The molecule has 0 saturated heterocycles. The van der Waals surface area contributed by atoms with Crippen LogP contribution in [0, 0.1) is 5.41 Å². The van der Waals surface area contributed by atoms with Crippen molar-refractivity contribution in [1.29, 1.82) is 0 Å². The summed E-state index contributed by atoms with van der Waals surface area (Å²) in [6.45, 7) is 6.81. The van der Waals surface area contributed by atoms with E-state index < -0.39 is 12.2 Å². The van der Waals surface area contributed by atoms with Gasteiger partial charge in [0.15, 0.2) is 0 Å². The minimum Gasteiger partial charge on any atom is -0.393 e. The molecule has 3 heteroatoms. The van der Waals surface area contributed by atoms with Crippen LogP contribution in [0.3, 0.4) is 0 Å². The lowest BCUT2D eigenvalue weighted by Gasteiger charge is -2.26. The second-order valence-electron chi connectivity index (χ2n) is 6.11. The molecule has 2 atom stereocenters. The van der Waals surface area contributed by atoms with E-state index in [1.165, 1.54) is 0 Å². The molecule has 1 aromatic rings. The first kappa shape index (κ1) is 16.2. The van der Waals surface area contributed by atoms with E-state index >= 15 is 0 Å². The highest BCUT2D eigenvalue weighted by Gasteiger charge is 2.22. The largest absolute Gasteiger partial charge is 0.393 e. The standard InChI is InChI=1S/C16H26O3/c1-16(2,3)15(18)10-9-14(17)12-19-11-13-7-5-4-6-8-13/h4-8,14-15,17-18H,9-12H2,1-3H3. The quantitative estimate of drug-likeness (QED) is 0.798. The van der Waals surface area contributed by atoms with Gasteiger partial charge < -0.3 is 14.9 Å². The van der Waals surface area contributed by atoms with Crippen molar-refractivity contribution in [2.45, 2.75) is 52.4 Å². The van der Waals surface area contributed by atoms with Crippen LogP contribution in [0.4, 0.5) is 0 Å². The van der Waals surface area contributed by atoms with Gasteiger partial charge in [0.2, 0.25) is 0 Å². The summed E-state index contributed by atoms with van der Waals surface area (Å²) in [7, 11) is 0. The Labute approximate surface area is 116 Å². The molecule has 19 heavy (non-hydrogen) atoms. The van der Waals surface area contributed by atoms with Gasteiger partial charge in [-0.1, -0.05) is 51.1 Å². The fourth-order valence-corrected chi connectivity index (χ4v) is 1.75. The highest BCUT2D eigenvalue weighted by Crippen LogP contribution is 2.23. The first-order chi connectivity index (χ1) is 8.89. The van der Waals surface area contributed by atoms with Crippen molar-refractivity contribution < 1.29 is 14.9 Å². The van der Waals surface area contributed by atoms with Gasteiger partial charge in [0.25, 0.3) is 0 Å². The van der Waals surface area contributed by atoms with Gasteiger partial charge >= 0.3 is 0 Å². The molecule has 0 aliphatic carbocycles. The van der Waals surface area contributed by atoms with Crippen LogP contribution in [0.25, 0.3) is 0 Å². The van der Waals surface area contributed by atoms with Crippen LogP contribution >= 0.6 is 0 Å². The summed E-state index contributed by atoms with van der Waals surface area (Å²) >= 11 is 0. The number of hydrogen-bond donors (Lipinski definition) is 2. The van der Waals surface area contributed by atoms with Gasteiger partial charge in [-0.2, -0.15) is 0 Å². The molecule has 0 aliphatic heterocycles. The average molecular weight is 266 g/mol. The summed E-state index contributed by atoms with van der Waals surface area (Å²) in [5, 5.41) is 19.7. The zero-order chi connectivity index (χ0) is 14.3. The summed E-state index contributed by atoms with van der Waals surface area (Å²) in [6, 6.07) is 9.89. The second-order valence-corrected chi connectivity index (χ2v) is 6.11. The molecule has 0 radical (unpaired) electrons. The Morgan fingerprint density at radius 2 is 1.68 bits per heavy atom. The molecule has 2 N–H and O–H groups in total. The van der Waals surface area contributed by atoms with Crippen molar-refractivity contribution >= 4 is 0 Å². The Bertz CT molecular complexity index is 343. The van der Waals surface area contributed by atoms with Gasteiger partial charge in [-0.05, 0) is 23.8 Å². The Morgan fingerprint density at radius 1 is 1.05 bits per heavy atom. The Morgan fingerprint density at radius 3 is 2.26 bits per heavy atom. The van der Waals surface area contributed by atoms with E-state index in [4.69, 9.17) is 4.74 Å². The molecule has 0 aromatic heterocycles. The second kappa shape index (κ2) is 7.63. The van der Waals surface area contributed by atoms with E-state index in [2.05, 4.69) is 0 Å². The monoisotopic (exact) mass is 266 g/mol. The van der Waals surface area contributed by atoms with E-state index in [0.717, 1.165) is 5.56 Å². The molecular formula is C16H26O3. The minimum atomic E-state index is -0.513. The fraction of sp³-hybridized carbons (Fsp3) is 0.625. The van der Waals surface area contributed by atoms with Crippen molar-refractivity contribution in [1.82, 2.24) is 0 Å². The molecular weight excluding hydrogens is 240 g/mol. The molecule has 0 spiro atoms. The molecule has 2 unspecified atom stereocenters. The zero-order valence-electron chi connectivity index (χ0n) is 12.2. The number of aliphatic hydroxyl groups excluding tert-OH is 2. The van der Waals surface area contributed by atoms with Crippen LogP contribution in [0.1, 0.15) is 39.2 Å². The predicted octanol–water partition coefficient (Wildman–Crippen LogP) is 2.75. The number of ether oxygens (including phenoxy) is 1. The summed E-state index contributed by atoms with van der Waals surface area (Å²) in [5.41, 5.74) is 0.967. The van der Waals surface area contributed by atoms with E-state index in [-0.39, 0.29) is 5.41 Å². The summed E-state index contributed by atoms with van der Waals surface area (Å²) in [6.07, 6.45) is 0.254. The summed E-state index contributed by atoms with van der Waals surface area (Å²) in [4.78, 5) is 0. The van der Waals surface area contributed by atoms with Gasteiger partial charge in [0.1, 0.15) is 0 Å². The van der Waals surface area contributed by atoms with Crippen LogP contribution in [0.15, 0.2) is 30.3 Å². The van der Waals surface area contributed by atoms with Crippen LogP contribution in [0.5, 0.6) is 0 Å². The van der Waals surface area contributed by atoms with E-state index in [0.29, 0.717) is 26.1 Å². The van der Waals surface area contributed by atoms with E-state index in [9.17, 15) is 10.2 Å². The van der Waals surface area contributed by atoms with Crippen molar-refractivity contribution in [3.63, 3.8) is 0 Å². The highest BCUT2D eigenvalue weighted by molar-refractivity contribution is 5.13. The van der Waals surface area contributed by atoms with Gasteiger partial charge in [0.05, 0.1) is 25.4 Å². The third-order valence-electron chi connectivity index (χ3n) is 3.19. The predicted molar refractivity (Wildman–Crippen MR) is 76.8 cm³/mol. The minimum absolute atomic E-state index is 0.134. The lowest BCUT2D eigenvalue weighted by Crippen LogP contribution is -2.28. The third kappa shape index (κ3) is 6.71. The van der Waals surface area contributed by atoms with Crippen LogP contribution in [-0.4, -0.2) is 29.0 Å². The Balaban J connectivity index is 2.16. The van der Waals surface area contributed by atoms with Crippen LogP contribution < -0.4 is 0 Å². The van der Waals surface area contributed by atoms with Gasteiger partial charge in [-0.3, -0.25) is 0 Å². The molecule has 108 valence electrons. The summed E-state index contributed by atoms with van der Waals surface area (Å²) in [5.74, 6) is 0. The maximum atomic E-state index is 9.89. The van der Waals surface area contributed by atoms with Crippen molar-refractivity contribution in [2.24, 2.45) is 5.41 Å². The Kier molecular flexibility index (Phi) is 6.49. The number of rotatable bonds is 7. The first-order valence-corrected chi connectivity index (χ1v) is 6.87. The Hall–Kier alpha value is -0.900. The van der Waals surface area contributed by atoms with Gasteiger partial charge in [-0.15, -0.1) is 0 Å². The molecule has 1 rings (SSSR count). The maximum Gasteiger partial charge on any atom is 0.0774 e. The topological polar surface area (TPSA) is 49.7 Å². The summed E-state index contributed by atoms with van der Waals surface area (Å²) < 4.78 is 5.47. The van der Waals surface area contributed by atoms with Crippen LogP contribution in [-0.2, 0) is 11.3 Å². The van der Waals surface area contributed by atoms with Crippen molar-refractivity contribution in [2.75, 3.05) is 6.61 Å². The maximum absolute atomic E-state index is 9.89. The highest BCUT2D eigenvalue weighted by atomic mass is 16.5. The smallest absolute Gasteiger partial charge is 0.0774 e. The van der Waals surface area contributed by atoms with E-state index in [1.54, 1.807) is 0 Å². The first-order valence-electron chi connectivity index (χ1n) is 6.87. The SMILES string of the molecule is CC(C)(C)C(O)CCC(O)COCc1ccccc1. The molecule has 0 fully saturated rings. The molecule has 0 heterocycles. The third-order valence-corrected chi connectivity index (χ3v) is 3.19. The molecule has 0 aliphatic rings. The van der Waals surface area contributed by atoms with Crippen LogP contribution in [0.2, 0.25) is 0 Å². The molecule has 0 bridgehead atoms. The lowest BCUT2D eigenvalue weighted by atomic mass is 9.86. The zero-order valence-corrected chi connectivity index (χ0v) is 12.2. The van der Waals surface area contributed by atoms with Crippen molar-refractivity contribution in [3.05, 3.63) is 35.9 Å². The molecule has 0 amide bonds. The number of benzene rings is 1. The molecule has 1 aromatic carbocycles. The fourth-order valence-electron chi connectivity index (χ4n) is 1.75. The molecule has 0 saturated carbocycles. The number of aliphatic hydroxyl groups is 2.